The summed E-state index contributed by atoms with van der Waals surface area (Å²) in [5, 5.41) is 0. The Labute approximate surface area is 72.9 Å². The van der Waals surface area contributed by atoms with Crippen molar-refractivity contribution in [3.05, 3.63) is 0 Å². The average Bonchev–Trinajstić information content (AvgIpc) is 1.94. The molecule has 72 valence electrons. The molecule has 1 saturated carbocycles. The number of rotatable bonds is 5. The van der Waals surface area contributed by atoms with E-state index in [9.17, 15) is 8.42 Å². The summed E-state index contributed by atoms with van der Waals surface area (Å²) in [7, 11) is -3.28. The van der Waals surface area contributed by atoms with E-state index in [1.807, 2.05) is 0 Å². The number of nitrogens with one attached hydrogen (secondary N) is 2. The van der Waals surface area contributed by atoms with Gasteiger partial charge in [-0.3, -0.25) is 0 Å². The van der Waals surface area contributed by atoms with Gasteiger partial charge >= 0.3 is 0 Å². The molecule has 1 aliphatic rings. The minimum Gasteiger partial charge on any atom is -0.329 e. The lowest BCUT2D eigenvalue weighted by Crippen LogP contribution is -2.46. The van der Waals surface area contributed by atoms with Crippen molar-refractivity contribution in [3.63, 3.8) is 0 Å². The van der Waals surface area contributed by atoms with Gasteiger partial charge in [-0.25, -0.2) is 4.72 Å². The normalized spacial score (nSPS) is 19.1. The van der Waals surface area contributed by atoms with Crippen molar-refractivity contribution in [1.29, 1.82) is 0 Å². The summed E-state index contributed by atoms with van der Waals surface area (Å²) < 4.78 is 27.1. The number of hydrogen-bond donors (Lipinski definition) is 3. The summed E-state index contributed by atoms with van der Waals surface area (Å²) in [6.45, 7) is 0.619. The predicted octanol–water partition coefficient (Wildman–Crippen LogP) is -1.08. The second-order valence-electron chi connectivity index (χ2n) is 2.93. The molecule has 4 N–H and O–H groups in total. The molecular formula is C6H15N3O2S. The highest BCUT2D eigenvalue weighted by Gasteiger charge is 2.22. The third-order valence-electron chi connectivity index (χ3n) is 1.86. The zero-order valence-corrected chi connectivity index (χ0v) is 7.73. The standard InChI is InChI=1S/C6H15N3O2S/c7-4-5-8-12(10,11)9-6-2-1-3-6/h6,8-9H,1-5,7H2. The van der Waals surface area contributed by atoms with E-state index in [0.29, 0.717) is 13.1 Å². The molecule has 0 aromatic carbocycles. The van der Waals surface area contributed by atoms with Crippen LogP contribution in [0.3, 0.4) is 0 Å². The highest BCUT2D eigenvalue weighted by Crippen LogP contribution is 2.18. The molecule has 0 unspecified atom stereocenters. The summed E-state index contributed by atoms with van der Waals surface area (Å²) in [4.78, 5) is 0. The van der Waals surface area contributed by atoms with Crippen LogP contribution >= 0.6 is 0 Å². The van der Waals surface area contributed by atoms with Crippen LogP contribution in [0, 0.1) is 0 Å². The molecule has 0 bridgehead atoms. The third-order valence-corrected chi connectivity index (χ3v) is 3.09. The van der Waals surface area contributed by atoms with Gasteiger partial charge in [-0.15, -0.1) is 0 Å². The summed E-state index contributed by atoms with van der Waals surface area (Å²) in [5.41, 5.74) is 5.16. The van der Waals surface area contributed by atoms with Crippen molar-refractivity contribution in [2.24, 2.45) is 5.73 Å². The van der Waals surface area contributed by atoms with Crippen molar-refractivity contribution < 1.29 is 8.42 Å². The number of hydrogen-bond acceptors (Lipinski definition) is 3. The molecule has 0 radical (unpaired) electrons. The predicted molar refractivity (Wildman–Crippen MR) is 46.8 cm³/mol. The first-order chi connectivity index (χ1) is 5.64. The molecule has 0 aromatic heterocycles. The van der Waals surface area contributed by atoms with Crippen LogP contribution in [0.1, 0.15) is 19.3 Å². The zero-order valence-electron chi connectivity index (χ0n) is 6.91. The first-order valence-corrected chi connectivity index (χ1v) is 5.59. The van der Waals surface area contributed by atoms with Gasteiger partial charge in [0.05, 0.1) is 0 Å². The van der Waals surface area contributed by atoms with Crippen molar-refractivity contribution in [3.8, 4) is 0 Å². The quantitative estimate of drug-likeness (QED) is 0.519. The van der Waals surface area contributed by atoms with Gasteiger partial charge < -0.3 is 5.73 Å². The fourth-order valence-corrected chi connectivity index (χ4v) is 2.12. The Kier molecular flexibility index (Phi) is 3.45. The molecule has 0 atom stereocenters. The fraction of sp³-hybridized carbons (Fsp3) is 1.00. The first kappa shape index (κ1) is 9.91. The Morgan fingerprint density at radius 2 is 2.08 bits per heavy atom. The van der Waals surface area contributed by atoms with Gasteiger partial charge in [0.2, 0.25) is 0 Å². The molecular weight excluding hydrogens is 178 g/mol. The Bertz CT molecular complexity index is 223. The molecule has 0 amide bonds. The van der Waals surface area contributed by atoms with Crippen LogP contribution in [0.4, 0.5) is 0 Å². The Hall–Kier alpha value is -0.170. The van der Waals surface area contributed by atoms with Gasteiger partial charge in [-0.05, 0) is 12.8 Å². The molecule has 0 saturated heterocycles. The molecule has 0 heterocycles. The molecule has 1 rings (SSSR count). The van der Waals surface area contributed by atoms with Crippen molar-refractivity contribution in [2.75, 3.05) is 13.1 Å². The largest absolute Gasteiger partial charge is 0.329 e. The lowest BCUT2D eigenvalue weighted by Gasteiger charge is -2.25. The van der Waals surface area contributed by atoms with Crippen LogP contribution < -0.4 is 15.2 Å². The van der Waals surface area contributed by atoms with Crippen molar-refractivity contribution in [1.82, 2.24) is 9.44 Å². The van der Waals surface area contributed by atoms with Crippen LogP contribution in [-0.4, -0.2) is 27.5 Å². The molecule has 0 spiro atoms. The zero-order chi connectivity index (χ0) is 9.03. The van der Waals surface area contributed by atoms with E-state index in [1.165, 1.54) is 0 Å². The van der Waals surface area contributed by atoms with Crippen LogP contribution in [0.5, 0.6) is 0 Å². The Morgan fingerprint density at radius 1 is 1.42 bits per heavy atom. The highest BCUT2D eigenvalue weighted by molar-refractivity contribution is 7.87. The van der Waals surface area contributed by atoms with Crippen LogP contribution in [0.2, 0.25) is 0 Å². The maximum absolute atomic E-state index is 11.1. The van der Waals surface area contributed by atoms with E-state index in [-0.39, 0.29) is 6.04 Å². The second kappa shape index (κ2) is 4.18. The molecule has 1 aliphatic carbocycles. The second-order valence-corrected chi connectivity index (χ2v) is 4.46. The Balaban J connectivity index is 2.27. The molecule has 0 aromatic rings. The maximum atomic E-state index is 11.1. The van der Waals surface area contributed by atoms with Crippen molar-refractivity contribution in [2.45, 2.75) is 25.3 Å². The number of nitrogens with two attached hydrogens (primary N) is 1. The highest BCUT2D eigenvalue weighted by atomic mass is 32.2. The topological polar surface area (TPSA) is 84.2 Å². The summed E-state index contributed by atoms with van der Waals surface area (Å²) >= 11 is 0. The average molecular weight is 193 g/mol. The van der Waals surface area contributed by atoms with E-state index < -0.39 is 10.2 Å². The lowest BCUT2D eigenvalue weighted by atomic mass is 9.94. The van der Waals surface area contributed by atoms with Gasteiger partial charge in [0.1, 0.15) is 0 Å². The SMILES string of the molecule is NCCNS(=O)(=O)NC1CCC1. The van der Waals surface area contributed by atoms with E-state index >= 15 is 0 Å². The van der Waals surface area contributed by atoms with Gasteiger partial charge in [0, 0.05) is 19.1 Å². The molecule has 12 heavy (non-hydrogen) atoms. The minimum atomic E-state index is -3.28. The van der Waals surface area contributed by atoms with Gasteiger partial charge in [0.25, 0.3) is 10.2 Å². The monoisotopic (exact) mass is 193 g/mol. The third kappa shape index (κ3) is 3.06. The van der Waals surface area contributed by atoms with Crippen LogP contribution in [-0.2, 0) is 10.2 Å². The summed E-state index contributed by atoms with van der Waals surface area (Å²) in [5.74, 6) is 0. The van der Waals surface area contributed by atoms with Crippen LogP contribution in [0.15, 0.2) is 0 Å². The fourth-order valence-electron chi connectivity index (χ4n) is 0.980. The van der Waals surface area contributed by atoms with Crippen LogP contribution in [0.25, 0.3) is 0 Å². The van der Waals surface area contributed by atoms with Gasteiger partial charge in [0.15, 0.2) is 0 Å². The Morgan fingerprint density at radius 3 is 2.50 bits per heavy atom. The first-order valence-electron chi connectivity index (χ1n) is 4.11. The van der Waals surface area contributed by atoms with Crippen molar-refractivity contribution >= 4 is 10.2 Å². The van der Waals surface area contributed by atoms with Gasteiger partial charge in [-0.1, -0.05) is 6.42 Å². The van der Waals surface area contributed by atoms with E-state index in [4.69, 9.17) is 5.73 Å². The molecule has 1 fully saturated rings. The smallest absolute Gasteiger partial charge is 0.277 e. The molecule has 0 aliphatic heterocycles. The van der Waals surface area contributed by atoms with Gasteiger partial charge in [-0.2, -0.15) is 13.1 Å². The lowest BCUT2D eigenvalue weighted by molar-refractivity contribution is 0.381. The van der Waals surface area contributed by atoms with E-state index in [2.05, 4.69) is 9.44 Å². The maximum Gasteiger partial charge on any atom is 0.277 e. The van der Waals surface area contributed by atoms with E-state index in [1.54, 1.807) is 0 Å². The van der Waals surface area contributed by atoms with E-state index in [0.717, 1.165) is 19.3 Å². The summed E-state index contributed by atoms with van der Waals surface area (Å²) in [6, 6.07) is 0.139. The molecule has 6 heteroatoms. The minimum absolute atomic E-state index is 0.139. The molecule has 5 nitrogen and oxygen atoms in total. The summed E-state index contributed by atoms with van der Waals surface area (Å²) in [6.07, 6.45) is 3.01.